The molecule has 1 aromatic carbocycles. The molecule has 2 atom stereocenters. The van der Waals surface area contributed by atoms with Crippen LogP contribution in [0, 0.1) is 5.92 Å². The van der Waals surface area contributed by atoms with Gasteiger partial charge in [0.25, 0.3) is 5.91 Å². The molecule has 0 unspecified atom stereocenters. The van der Waals surface area contributed by atoms with Gasteiger partial charge in [0.1, 0.15) is 0 Å². The first-order valence-electron chi connectivity index (χ1n) is 9.40. The van der Waals surface area contributed by atoms with Gasteiger partial charge in [-0.1, -0.05) is 36.7 Å². The Labute approximate surface area is 174 Å². The van der Waals surface area contributed by atoms with Crippen LogP contribution in [0.5, 0.6) is 0 Å². The minimum atomic E-state index is -1.04. The number of carbonyl (C=O) groups excluding carboxylic acids is 3. The third-order valence-corrected chi connectivity index (χ3v) is 5.10. The minimum absolute atomic E-state index is 0.0552. The molecule has 3 rings (SSSR count). The molecule has 1 N–H and O–H groups in total. The minimum Gasteiger partial charge on any atom is -0.452 e. The predicted molar refractivity (Wildman–Crippen MR) is 110 cm³/mol. The molecule has 1 saturated heterocycles. The number of nitrogens with one attached hydrogen (secondary N) is 1. The number of esters is 1. The number of carbonyl (C=O) groups is 3. The molecular weight excluding hydrogens is 394 g/mol. The number of amides is 2. The van der Waals surface area contributed by atoms with Gasteiger partial charge in [0.05, 0.1) is 11.6 Å². The number of ether oxygens (including phenoxy) is 1. The van der Waals surface area contributed by atoms with Crippen molar-refractivity contribution in [2.24, 2.45) is 5.92 Å². The molecular formula is C21H22ClN3O4. The third-order valence-electron chi connectivity index (χ3n) is 4.80. The summed E-state index contributed by atoms with van der Waals surface area (Å²) in [6.45, 7) is 3.72. The molecule has 1 aliphatic heterocycles. The molecule has 0 aliphatic carbocycles. The first kappa shape index (κ1) is 20.8. The van der Waals surface area contributed by atoms with Gasteiger partial charge in [0.15, 0.2) is 11.3 Å². The second-order valence-corrected chi connectivity index (χ2v) is 7.16. The highest BCUT2D eigenvalue weighted by atomic mass is 35.5. The normalized spacial score (nSPS) is 17.1. The highest BCUT2D eigenvalue weighted by Gasteiger charge is 2.37. The molecule has 0 bridgehead atoms. The van der Waals surface area contributed by atoms with Gasteiger partial charge < -0.3 is 15.0 Å². The Bertz CT molecular complexity index is 934. The molecule has 2 amide bonds. The molecule has 2 heterocycles. The lowest BCUT2D eigenvalue weighted by Gasteiger charge is -2.20. The Hall–Kier alpha value is -2.93. The summed E-state index contributed by atoms with van der Waals surface area (Å²) in [5, 5.41) is 2.72. The van der Waals surface area contributed by atoms with Crippen LogP contribution in [0.15, 0.2) is 42.6 Å². The van der Waals surface area contributed by atoms with E-state index in [9.17, 15) is 14.4 Å². The Morgan fingerprint density at radius 3 is 2.79 bits per heavy atom. The van der Waals surface area contributed by atoms with Crippen molar-refractivity contribution < 1.29 is 19.1 Å². The number of pyridine rings is 1. The number of benzene rings is 1. The van der Waals surface area contributed by atoms with E-state index >= 15 is 0 Å². The van der Waals surface area contributed by atoms with Gasteiger partial charge in [0.2, 0.25) is 5.91 Å². The zero-order valence-corrected chi connectivity index (χ0v) is 17.0. The van der Waals surface area contributed by atoms with Crippen molar-refractivity contribution in [3.63, 3.8) is 0 Å². The fourth-order valence-electron chi connectivity index (χ4n) is 3.21. The molecule has 2 aromatic rings. The summed E-state index contributed by atoms with van der Waals surface area (Å²) < 4.78 is 5.30. The number of nitrogens with zero attached hydrogens (tertiary/aromatic N) is 2. The second kappa shape index (κ2) is 9.05. The average molecular weight is 416 g/mol. The van der Waals surface area contributed by atoms with Crippen LogP contribution in [0.4, 0.5) is 11.4 Å². The van der Waals surface area contributed by atoms with Crippen molar-refractivity contribution in [1.82, 2.24) is 4.98 Å². The van der Waals surface area contributed by atoms with Crippen molar-refractivity contribution >= 4 is 40.8 Å². The Balaban J connectivity index is 1.61. The molecule has 1 fully saturated rings. The summed E-state index contributed by atoms with van der Waals surface area (Å²) in [5.74, 6) is -1.85. The maximum Gasteiger partial charge on any atom is 0.312 e. The number of hydrogen-bond donors (Lipinski definition) is 1. The number of para-hydroxylation sites is 1. The molecule has 0 saturated carbocycles. The van der Waals surface area contributed by atoms with Crippen LogP contribution in [0.3, 0.4) is 0 Å². The predicted octanol–water partition coefficient (Wildman–Crippen LogP) is 3.22. The summed E-state index contributed by atoms with van der Waals surface area (Å²) in [6.07, 6.45) is 1.30. The van der Waals surface area contributed by atoms with Gasteiger partial charge in [-0.2, -0.15) is 0 Å². The van der Waals surface area contributed by atoms with E-state index in [0.717, 1.165) is 17.7 Å². The summed E-state index contributed by atoms with van der Waals surface area (Å²) in [6, 6.07) is 10.8. The molecule has 7 nitrogen and oxygen atoms in total. The zero-order chi connectivity index (χ0) is 21.0. The standard InChI is InChI=1S/C21H22ClN3O4/c1-3-14-7-4-5-9-17(14)25-12-15(11-18(25)26)21(28)29-13(2)20(27)24-16-8-6-10-23-19(16)22/h4-10,13,15H,3,11-12H2,1-2H3,(H,24,27)/t13-,15-/m0/s1. The van der Waals surface area contributed by atoms with Crippen LogP contribution < -0.4 is 10.2 Å². The lowest BCUT2D eigenvalue weighted by Crippen LogP contribution is -2.33. The topological polar surface area (TPSA) is 88.6 Å². The molecule has 0 radical (unpaired) electrons. The van der Waals surface area contributed by atoms with Crippen LogP contribution >= 0.6 is 11.6 Å². The number of aromatic nitrogens is 1. The summed E-state index contributed by atoms with van der Waals surface area (Å²) in [4.78, 5) is 42.8. The van der Waals surface area contributed by atoms with E-state index in [1.807, 2.05) is 31.2 Å². The SMILES string of the molecule is CCc1ccccc1N1C[C@@H](C(=O)O[C@@H](C)C(=O)Nc2cccnc2Cl)CC1=O. The number of anilines is 2. The quantitative estimate of drug-likeness (QED) is 0.578. The van der Waals surface area contributed by atoms with Crippen LogP contribution in [0.2, 0.25) is 5.15 Å². The van der Waals surface area contributed by atoms with Crippen LogP contribution in [-0.2, 0) is 25.5 Å². The molecule has 29 heavy (non-hydrogen) atoms. The largest absolute Gasteiger partial charge is 0.452 e. The second-order valence-electron chi connectivity index (χ2n) is 6.80. The van der Waals surface area contributed by atoms with E-state index in [2.05, 4.69) is 10.3 Å². The smallest absolute Gasteiger partial charge is 0.312 e. The van der Waals surface area contributed by atoms with Gasteiger partial charge in [0, 0.05) is 24.8 Å². The van der Waals surface area contributed by atoms with Gasteiger partial charge in [-0.3, -0.25) is 14.4 Å². The van der Waals surface area contributed by atoms with Crippen LogP contribution in [0.25, 0.3) is 0 Å². The highest BCUT2D eigenvalue weighted by molar-refractivity contribution is 6.32. The van der Waals surface area contributed by atoms with E-state index in [-0.39, 0.29) is 24.0 Å². The Morgan fingerprint density at radius 1 is 1.31 bits per heavy atom. The van der Waals surface area contributed by atoms with E-state index in [0.29, 0.717) is 5.69 Å². The Kier molecular flexibility index (Phi) is 6.49. The van der Waals surface area contributed by atoms with Gasteiger partial charge in [-0.15, -0.1) is 0 Å². The van der Waals surface area contributed by atoms with Gasteiger partial charge in [-0.05, 0) is 37.1 Å². The third kappa shape index (κ3) is 4.74. The van der Waals surface area contributed by atoms with E-state index in [1.54, 1.807) is 17.0 Å². The van der Waals surface area contributed by atoms with Crippen molar-refractivity contribution in [3.8, 4) is 0 Å². The van der Waals surface area contributed by atoms with Crippen LogP contribution in [-0.4, -0.2) is 35.4 Å². The fourth-order valence-corrected chi connectivity index (χ4v) is 3.38. The maximum absolute atomic E-state index is 12.5. The molecule has 1 aliphatic rings. The highest BCUT2D eigenvalue weighted by Crippen LogP contribution is 2.29. The summed E-state index contributed by atoms with van der Waals surface area (Å²) in [5.41, 5.74) is 2.18. The number of hydrogen-bond acceptors (Lipinski definition) is 5. The van der Waals surface area contributed by atoms with Crippen molar-refractivity contribution in [1.29, 1.82) is 0 Å². The Morgan fingerprint density at radius 2 is 2.07 bits per heavy atom. The lowest BCUT2D eigenvalue weighted by molar-refractivity contribution is -0.157. The monoisotopic (exact) mass is 415 g/mol. The number of aryl methyl sites for hydroxylation is 1. The van der Waals surface area contributed by atoms with Crippen molar-refractivity contribution in [2.45, 2.75) is 32.8 Å². The molecule has 152 valence electrons. The van der Waals surface area contributed by atoms with Crippen molar-refractivity contribution in [2.75, 3.05) is 16.8 Å². The first-order chi connectivity index (χ1) is 13.9. The average Bonchev–Trinajstić information content (AvgIpc) is 3.11. The number of halogens is 1. The van der Waals surface area contributed by atoms with Crippen molar-refractivity contribution in [3.05, 3.63) is 53.3 Å². The number of rotatable bonds is 6. The zero-order valence-electron chi connectivity index (χ0n) is 16.2. The van der Waals surface area contributed by atoms with E-state index < -0.39 is 23.9 Å². The fraction of sp³-hybridized carbons (Fsp3) is 0.333. The molecule has 8 heteroatoms. The van der Waals surface area contributed by atoms with E-state index in [1.165, 1.54) is 13.1 Å². The van der Waals surface area contributed by atoms with E-state index in [4.69, 9.17) is 16.3 Å². The molecule has 1 aromatic heterocycles. The van der Waals surface area contributed by atoms with Gasteiger partial charge in [-0.25, -0.2) is 4.98 Å². The lowest BCUT2D eigenvalue weighted by atomic mass is 10.1. The first-order valence-corrected chi connectivity index (χ1v) is 9.78. The summed E-state index contributed by atoms with van der Waals surface area (Å²) in [7, 11) is 0. The summed E-state index contributed by atoms with van der Waals surface area (Å²) >= 11 is 5.92. The molecule has 0 spiro atoms. The van der Waals surface area contributed by atoms with Gasteiger partial charge >= 0.3 is 5.97 Å². The maximum atomic E-state index is 12.5. The van der Waals surface area contributed by atoms with Crippen LogP contribution in [0.1, 0.15) is 25.8 Å².